The Bertz CT molecular complexity index is 1800. The minimum absolute atomic E-state index is 0.0123. The number of hydrogen-bond donors (Lipinski definition) is 3. The number of nitrogens with one attached hydrogen (secondary N) is 2. The number of aromatic hydroxyl groups is 1. The number of phenols is 1. The maximum Gasteiger partial charge on any atom is 0.297 e. The highest BCUT2D eigenvalue weighted by atomic mass is 35.5. The van der Waals surface area contributed by atoms with Crippen LogP contribution < -0.4 is 10.6 Å². The number of halogens is 1. The number of hydrogen-bond acceptors (Lipinski definition) is 7. The number of phenolic OH excluding ortho intramolecular Hbond substituents is 1. The molecule has 0 radical (unpaired) electrons. The minimum Gasteiger partial charge on any atom is -0.506 e. The van der Waals surface area contributed by atoms with Crippen LogP contribution >= 0.6 is 11.6 Å². The van der Waals surface area contributed by atoms with Gasteiger partial charge >= 0.3 is 0 Å². The molecule has 1 heterocycles. The van der Waals surface area contributed by atoms with E-state index < -0.39 is 38.4 Å². The Hall–Kier alpha value is -4.48. The Morgan fingerprint density at radius 1 is 0.952 bits per heavy atom. The Balaban J connectivity index is 1.53. The summed E-state index contributed by atoms with van der Waals surface area (Å²) in [6, 6.07) is 17.6. The molecule has 0 aliphatic carbocycles. The molecule has 4 aromatic rings. The number of amides is 2. The molecule has 10 nitrogen and oxygen atoms in total. The van der Waals surface area contributed by atoms with E-state index in [1.54, 1.807) is 44.5 Å². The number of carbonyl (C=O) groups excluding carboxylic acids is 3. The number of carbonyl (C=O) groups is 3. The summed E-state index contributed by atoms with van der Waals surface area (Å²) in [5, 5.41) is 18.3. The second kappa shape index (κ2) is 12.2. The summed E-state index contributed by atoms with van der Waals surface area (Å²) in [6.07, 6.45) is -0.0123. The average molecular weight is 609 g/mol. The van der Waals surface area contributed by atoms with E-state index in [1.807, 2.05) is 30.3 Å². The molecule has 218 valence electrons. The molecular weight excluding hydrogens is 580 g/mol. The molecule has 3 aromatic carbocycles. The first-order chi connectivity index (χ1) is 19.8. The van der Waals surface area contributed by atoms with E-state index in [2.05, 4.69) is 15.7 Å². The van der Waals surface area contributed by atoms with Gasteiger partial charge in [0.2, 0.25) is 5.91 Å². The van der Waals surface area contributed by atoms with Crippen molar-refractivity contribution in [3.8, 4) is 11.4 Å². The first-order valence-electron chi connectivity index (χ1n) is 13.0. The van der Waals surface area contributed by atoms with Gasteiger partial charge in [-0.1, -0.05) is 48.9 Å². The zero-order chi connectivity index (χ0) is 30.8. The molecule has 0 bridgehead atoms. The fourth-order valence-corrected chi connectivity index (χ4v) is 6.50. The number of ketones is 1. The molecule has 0 saturated carbocycles. The van der Waals surface area contributed by atoms with E-state index >= 15 is 0 Å². The smallest absolute Gasteiger partial charge is 0.297 e. The van der Waals surface area contributed by atoms with Gasteiger partial charge in [-0.25, -0.2) is 13.1 Å². The summed E-state index contributed by atoms with van der Waals surface area (Å²) in [7, 11) is -4.02. The maximum atomic E-state index is 13.2. The van der Waals surface area contributed by atoms with Crippen LogP contribution in [0.15, 0.2) is 71.6 Å². The van der Waals surface area contributed by atoms with Crippen molar-refractivity contribution in [1.29, 1.82) is 0 Å². The molecule has 1 aromatic heterocycles. The summed E-state index contributed by atoms with van der Waals surface area (Å²) in [5.41, 5.74) is 2.13. The maximum absolute atomic E-state index is 13.2. The quantitative estimate of drug-likeness (QED) is 0.135. The topological polar surface area (TPSA) is 147 Å². The van der Waals surface area contributed by atoms with Crippen LogP contribution in [0, 0.1) is 20.8 Å². The summed E-state index contributed by atoms with van der Waals surface area (Å²) >= 11 is 6.32. The van der Waals surface area contributed by atoms with Crippen LogP contribution in [0.25, 0.3) is 5.69 Å². The molecule has 0 aliphatic heterocycles. The minimum atomic E-state index is -4.02. The molecule has 0 fully saturated rings. The van der Waals surface area contributed by atoms with E-state index in [9.17, 15) is 27.9 Å². The van der Waals surface area contributed by atoms with E-state index in [-0.39, 0.29) is 33.3 Å². The number of rotatable bonds is 9. The molecule has 0 saturated heterocycles. The number of aromatic nitrogens is 2. The first-order valence-corrected chi connectivity index (χ1v) is 14.9. The lowest BCUT2D eigenvalue weighted by Crippen LogP contribution is -2.34. The SMILES string of the molecule is CCC(C(=O)Nc1cc(O)c(NC(=O)C(=O)c2c(C)nn(-c3ccccc3)c2C)cc1Cl)S(=O)(=O)c1cccc(C)c1. The molecule has 1 unspecified atom stereocenters. The third-order valence-electron chi connectivity index (χ3n) is 6.67. The summed E-state index contributed by atoms with van der Waals surface area (Å²) in [5.74, 6) is -3.24. The normalized spacial score (nSPS) is 12.0. The lowest BCUT2D eigenvalue weighted by Gasteiger charge is -2.18. The van der Waals surface area contributed by atoms with Crippen LogP contribution in [0.1, 0.15) is 40.7 Å². The largest absolute Gasteiger partial charge is 0.506 e. The highest BCUT2D eigenvalue weighted by molar-refractivity contribution is 7.92. The van der Waals surface area contributed by atoms with Crippen LogP contribution in [0.2, 0.25) is 5.02 Å². The second-order valence-corrected chi connectivity index (χ2v) is 12.2. The lowest BCUT2D eigenvalue weighted by atomic mass is 10.1. The van der Waals surface area contributed by atoms with Crippen molar-refractivity contribution >= 4 is 50.4 Å². The van der Waals surface area contributed by atoms with Gasteiger partial charge in [0, 0.05) is 6.07 Å². The fourth-order valence-electron chi connectivity index (χ4n) is 4.56. The molecule has 4 rings (SSSR count). The van der Waals surface area contributed by atoms with Crippen molar-refractivity contribution < 1.29 is 27.9 Å². The van der Waals surface area contributed by atoms with Crippen molar-refractivity contribution in [1.82, 2.24) is 9.78 Å². The highest BCUT2D eigenvalue weighted by Crippen LogP contribution is 2.35. The van der Waals surface area contributed by atoms with Crippen molar-refractivity contribution in [3.05, 3.63) is 94.3 Å². The van der Waals surface area contributed by atoms with E-state index in [0.29, 0.717) is 11.4 Å². The molecule has 2 amide bonds. The van der Waals surface area contributed by atoms with Crippen LogP contribution in [0.4, 0.5) is 11.4 Å². The molecule has 0 spiro atoms. The van der Waals surface area contributed by atoms with Crippen molar-refractivity contribution in [2.45, 2.75) is 44.3 Å². The van der Waals surface area contributed by atoms with Crippen LogP contribution in [-0.4, -0.2) is 46.2 Å². The molecule has 12 heteroatoms. The zero-order valence-electron chi connectivity index (χ0n) is 23.3. The Kier molecular flexibility index (Phi) is 8.83. The molecule has 3 N–H and O–H groups in total. The van der Waals surface area contributed by atoms with Gasteiger partial charge in [0.1, 0.15) is 11.0 Å². The van der Waals surface area contributed by atoms with Gasteiger partial charge < -0.3 is 15.7 Å². The zero-order valence-corrected chi connectivity index (χ0v) is 24.9. The summed E-state index contributed by atoms with van der Waals surface area (Å²) in [4.78, 5) is 39.0. The number of sulfone groups is 1. The van der Waals surface area contributed by atoms with E-state index in [0.717, 1.165) is 23.4 Å². The van der Waals surface area contributed by atoms with Gasteiger partial charge in [0.25, 0.3) is 11.7 Å². The van der Waals surface area contributed by atoms with Gasteiger partial charge in [-0.3, -0.25) is 14.4 Å². The van der Waals surface area contributed by atoms with Crippen LogP contribution in [0.5, 0.6) is 5.75 Å². The lowest BCUT2D eigenvalue weighted by molar-refractivity contribution is -0.116. The average Bonchev–Trinajstić information content (AvgIpc) is 3.25. The predicted molar refractivity (Wildman–Crippen MR) is 160 cm³/mol. The second-order valence-electron chi connectivity index (χ2n) is 9.67. The molecular formula is C30H29ClN4O6S. The number of benzene rings is 3. The summed E-state index contributed by atoms with van der Waals surface area (Å²) < 4.78 is 27.9. The molecule has 1 atom stereocenters. The third kappa shape index (κ3) is 6.07. The van der Waals surface area contributed by atoms with Gasteiger partial charge in [0.15, 0.2) is 9.84 Å². The number of nitrogens with zero attached hydrogens (tertiary/aromatic N) is 2. The van der Waals surface area contributed by atoms with Gasteiger partial charge in [-0.2, -0.15) is 5.10 Å². The highest BCUT2D eigenvalue weighted by Gasteiger charge is 2.33. The van der Waals surface area contributed by atoms with Crippen LogP contribution in [0.3, 0.4) is 0 Å². The monoisotopic (exact) mass is 608 g/mol. The third-order valence-corrected chi connectivity index (χ3v) is 9.19. The summed E-state index contributed by atoms with van der Waals surface area (Å²) in [6.45, 7) is 6.60. The van der Waals surface area contributed by atoms with Gasteiger partial charge in [-0.15, -0.1) is 0 Å². The Morgan fingerprint density at radius 3 is 2.29 bits per heavy atom. The number of para-hydroxylation sites is 1. The first kappa shape index (κ1) is 30.5. The van der Waals surface area contributed by atoms with Gasteiger partial charge in [0.05, 0.1) is 43.9 Å². The fraction of sp³-hybridized carbons (Fsp3) is 0.200. The Morgan fingerprint density at radius 2 is 1.64 bits per heavy atom. The van der Waals surface area contributed by atoms with Crippen LogP contribution in [-0.2, 0) is 19.4 Å². The van der Waals surface area contributed by atoms with E-state index in [4.69, 9.17) is 11.6 Å². The Labute approximate surface area is 248 Å². The van der Waals surface area contributed by atoms with Crippen molar-refractivity contribution in [3.63, 3.8) is 0 Å². The van der Waals surface area contributed by atoms with E-state index in [1.165, 1.54) is 12.1 Å². The number of Topliss-reactive ketones (excluding diaryl/α,β-unsaturated/α-hetero) is 1. The number of anilines is 2. The molecule has 42 heavy (non-hydrogen) atoms. The number of aryl methyl sites for hydroxylation is 2. The predicted octanol–water partition coefficient (Wildman–Crippen LogP) is 5.17. The van der Waals surface area contributed by atoms with Gasteiger partial charge in [-0.05, 0) is 63.1 Å². The van der Waals surface area contributed by atoms with Crippen molar-refractivity contribution in [2.75, 3.05) is 10.6 Å². The van der Waals surface area contributed by atoms with Crippen molar-refractivity contribution in [2.24, 2.45) is 0 Å². The molecule has 0 aliphatic rings. The standard InChI is InChI=1S/C30H29ClN4O6S/c1-5-26(42(40,41)21-13-9-10-17(2)14-21)29(38)32-23-16-25(36)24(15-22(23)31)33-30(39)28(37)27-18(3)34-35(19(27)4)20-11-7-6-8-12-20/h6-16,26,36H,5H2,1-4H3,(H,32,38)(H,33,39).